The van der Waals surface area contributed by atoms with Crippen LogP contribution in [0.25, 0.3) is 31.0 Å². The van der Waals surface area contributed by atoms with Crippen molar-refractivity contribution in [2.24, 2.45) is 10.5 Å². The number of aliphatic hydroxyl groups excluding tert-OH is 1. The number of aryl methyl sites for hydroxylation is 1. The van der Waals surface area contributed by atoms with E-state index in [1.807, 2.05) is 64.4 Å². The monoisotopic (exact) mass is 1030 g/mol. The van der Waals surface area contributed by atoms with E-state index in [-0.39, 0.29) is 54.5 Å². The second kappa shape index (κ2) is 23.0. The third kappa shape index (κ3) is 12.5. The first-order valence-corrected chi connectivity index (χ1v) is 26.0. The number of thiophene rings is 1. The van der Waals surface area contributed by atoms with Gasteiger partial charge in [0.25, 0.3) is 5.91 Å². The molecule has 8 rings (SSSR count). The summed E-state index contributed by atoms with van der Waals surface area (Å²) in [6.07, 6.45) is 1.91. The van der Waals surface area contributed by atoms with Gasteiger partial charge >= 0.3 is 0 Å². The number of unbranched alkanes of at least 4 members (excludes halogenated alkanes) is 1. The van der Waals surface area contributed by atoms with Crippen molar-refractivity contribution in [2.45, 2.75) is 84.5 Å². The molecule has 5 aromatic carbocycles. The molecule has 4 atom stereocenters. The molecule has 0 bridgehead atoms. The SMILES string of the molecule is Cc1ncsc1-c1ccc([C@H](C)NC(=O)C2C[C@@H](O)CN2C(=O)[C@@H](NC(=O)CCCCOc2ccc(/C=N/NC(=O)c3ccc(C(=O)c4c(-c5ccc(O)cc5)sc5cc(O)ccc45)cc3)cc2)C(C)(C)C)cc1. The van der Waals surface area contributed by atoms with Gasteiger partial charge in [0.2, 0.25) is 17.7 Å². The van der Waals surface area contributed by atoms with E-state index in [0.29, 0.717) is 57.7 Å². The number of nitrogens with zero attached hydrogens (tertiary/aromatic N) is 3. The predicted molar refractivity (Wildman–Crippen MR) is 288 cm³/mol. The smallest absolute Gasteiger partial charge is 0.271 e. The number of carbonyl (C=O) groups excluding carboxylic acids is 5. The molecule has 1 aliphatic heterocycles. The van der Waals surface area contributed by atoms with E-state index in [1.54, 1.807) is 96.3 Å². The van der Waals surface area contributed by atoms with E-state index in [9.17, 15) is 39.3 Å². The zero-order valence-electron chi connectivity index (χ0n) is 41.6. The van der Waals surface area contributed by atoms with Gasteiger partial charge in [0, 0.05) is 51.0 Å². The van der Waals surface area contributed by atoms with Crippen molar-refractivity contribution in [3.8, 4) is 38.1 Å². The van der Waals surface area contributed by atoms with Crippen LogP contribution in [0.1, 0.15) is 103 Å². The van der Waals surface area contributed by atoms with Crippen molar-refractivity contribution in [1.29, 1.82) is 0 Å². The number of aliphatic hydroxyl groups is 1. The number of fused-ring (bicyclic) bond motifs is 1. The van der Waals surface area contributed by atoms with Crippen molar-refractivity contribution in [1.82, 2.24) is 25.9 Å². The number of hydrazone groups is 1. The van der Waals surface area contributed by atoms with Crippen LogP contribution in [0.2, 0.25) is 0 Å². The van der Waals surface area contributed by atoms with Crippen LogP contribution in [-0.2, 0) is 14.4 Å². The normalized spacial score (nSPS) is 15.5. The van der Waals surface area contributed by atoms with Crippen LogP contribution < -0.4 is 20.8 Å². The Labute approximate surface area is 437 Å². The van der Waals surface area contributed by atoms with Crippen LogP contribution in [0, 0.1) is 12.3 Å². The zero-order valence-corrected chi connectivity index (χ0v) is 43.3. The fourth-order valence-corrected chi connectivity index (χ4v) is 10.8. The van der Waals surface area contributed by atoms with Gasteiger partial charge in [-0.25, -0.2) is 10.4 Å². The lowest BCUT2D eigenvalue weighted by Crippen LogP contribution is -2.57. The lowest BCUT2D eigenvalue weighted by molar-refractivity contribution is -0.144. The van der Waals surface area contributed by atoms with Gasteiger partial charge in [-0.05, 0) is 133 Å². The quantitative estimate of drug-likeness (QED) is 0.0207. The number of ether oxygens (including phenoxy) is 1. The second-order valence-electron chi connectivity index (χ2n) is 19.4. The lowest BCUT2D eigenvalue weighted by Gasteiger charge is -2.35. The molecule has 4 amide bonds. The number of aromatic hydroxyl groups is 2. The maximum Gasteiger partial charge on any atom is 0.271 e. The van der Waals surface area contributed by atoms with E-state index in [2.05, 4.69) is 26.1 Å². The Balaban J connectivity index is 0.772. The number of ketones is 1. The van der Waals surface area contributed by atoms with E-state index < -0.39 is 35.4 Å². The molecule has 7 aromatic rings. The summed E-state index contributed by atoms with van der Waals surface area (Å²) in [5.74, 6) is -1.03. The largest absolute Gasteiger partial charge is 0.508 e. The number of rotatable bonds is 18. The molecule has 2 aromatic heterocycles. The number of phenols is 2. The molecule has 1 fully saturated rings. The Morgan fingerprint density at radius 3 is 2.18 bits per heavy atom. The van der Waals surface area contributed by atoms with Crippen LogP contribution in [-0.4, -0.2) is 92.2 Å². The maximum absolute atomic E-state index is 14.1. The van der Waals surface area contributed by atoms with Crippen LogP contribution in [0.5, 0.6) is 17.2 Å². The molecule has 382 valence electrons. The first-order valence-electron chi connectivity index (χ1n) is 24.3. The number of thiazole rings is 1. The van der Waals surface area contributed by atoms with Crippen molar-refractivity contribution in [2.75, 3.05) is 13.2 Å². The van der Waals surface area contributed by atoms with Crippen LogP contribution in [0.4, 0.5) is 0 Å². The number of nitrogens with one attached hydrogen (secondary N) is 3. The molecular weight excluding hydrogens is 977 g/mol. The van der Waals surface area contributed by atoms with E-state index in [4.69, 9.17) is 4.74 Å². The molecule has 6 N–H and O–H groups in total. The minimum Gasteiger partial charge on any atom is -0.508 e. The summed E-state index contributed by atoms with van der Waals surface area (Å²) in [6, 6.07) is 30.5. The molecule has 1 aliphatic rings. The average Bonchev–Trinajstić information content (AvgIpc) is 4.12. The summed E-state index contributed by atoms with van der Waals surface area (Å²) in [4.78, 5) is 75.5. The Morgan fingerprint density at radius 2 is 1.50 bits per heavy atom. The number of β-amino-alcohol motifs (C(OH)–C–C–N with tert-alkyl or cyclic N) is 1. The number of aromatic nitrogens is 1. The third-order valence-electron chi connectivity index (χ3n) is 12.8. The number of carbonyl (C=O) groups is 5. The molecule has 0 spiro atoms. The van der Waals surface area contributed by atoms with Crippen molar-refractivity contribution < 1.29 is 44.0 Å². The highest BCUT2D eigenvalue weighted by molar-refractivity contribution is 7.22. The summed E-state index contributed by atoms with van der Waals surface area (Å²) in [5.41, 5.74) is 9.10. The Bertz CT molecular complexity index is 3180. The van der Waals surface area contributed by atoms with Gasteiger partial charge in [-0.15, -0.1) is 22.7 Å². The number of likely N-dealkylation sites (tertiary alicyclic amines) is 1. The number of phenolic OH excluding ortho intramolecular Hbond substituents is 2. The molecule has 1 saturated heterocycles. The summed E-state index contributed by atoms with van der Waals surface area (Å²) in [6.45, 7) is 9.72. The maximum atomic E-state index is 14.1. The zero-order chi connectivity index (χ0) is 52.7. The fraction of sp³-hybridized carbons (Fsp3) is 0.281. The topological polar surface area (TPSA) is 220 Å². The van der Waals surface area contributed by atoms with Crippen LogP contribution >= 0.6 is 22.7 Å². The predicted octanol–water partition coefficient (Wildman–Crippen LogP) is 9.33. The summed E-state index contributed by atoms with van der Waals surface area (Å²) in [7, 11) is 0. The summed E-state index contributed by atoms with van der Waals surface area (Å²) in [5, 5.41) is 41.3. The summed E-state index contributed by atoms with van der Waals surface area (Å²) < 4.78 is 6.64. The highest BCUT2D eigenvalue weighted by Gasteiger charge is 2.44. The van der Waals surface area contributed by atoms with Crippen molar-refractivity contribution >= 4 is 68.4 Å². The van der Waals surface area contributed by atoms with Crippen molar-refractivity contribution in [3.05, 3.63) is 154 Å². The van der Waals surface area contributed by atoms with Gasteiger partial charge in [-0.2, -0.15) is 5.10 Å². The van der Waals surface area contributed by atoms with E-state index in [1.165, 1.54) is 28.5 Å². The second-order valence-corrected chi connectivity index (χ2v) is 21.3. The third-order valence-corrected chi connectivity index (χ3v) is 15.0. The fourth-order valence-electron chi connectivity index (χ4n) is 8.75. The van der Waals surface area contributed by atoms with Gasteiger partial charge in [0.15, 0.2) is 5.78 Å². The number of amides is 4. The molecule has 3 heterocycles. The van der Waals surface area contributed by atoms with Gasteiger partial charge in [-0.1, -0.05) is 57.2 Å². The van der Waals surface area contributed by atoms with Crippen molar-refractivity contribution in [3.63, 3.8) is 0 Å². The van der Waals surface area contributed by atoms with Gasteiger partial charge in [0.05, 0.1) is 41.0 Å². The number of hydrogen-bond donors (Lipinski definition) is 6. The highest BCUT2D eigenvalue weighted by atomic mass is 32.1. The van der Waals surface area contributed by atoms with E-state index >= 15 is 0 Å². The molecule has 0 saturated carbocycles. The Kier molecular flexibility index (Phi) is 16.3. The van der Waals surface area contributed by atoms with Gasteiger partial charge in [0.1, 0.15) is 29.3 Å². The number of hydrogen-bond acceptors (Lipinski definition) is 13. The first kappa shape index (κ1) is 52.6. The first-order chi connectivity index (χ1) is 35.4. The molecule has 1 unspecified atom stereocenters. The minimum absolute atomic E-state index is 0.0181. The molecule has 15 nitrogen and oxygen atoms in total. The number of benzene rings is 5. The van der Waals surface area contributed by atoms with Gasteiger partial charge < -0.3 is 35.6 Å². The molecule has 0 aliphatic carbocycles. The molecule has 17 heteroatoms. The average molecular weight is 1040 g/mol. The molecule has 0 radical (unpaired) electrons. The lowest BCUT2D eigenvalue weighted by atomic mass is 9.85. The highest BCUT2D eigenvalue weighted by Crippen LogP contribution is 2.41. The van der Waals surface area contributed by atoms with Crippen LogP contribution in [0.15, 0.2) is 126 Å². The van der Waals surface area contributed by atoms with Crippen LogP contribution in [0.3, 0.4) is 0 Å². The molecular formula is C57H58N6O9S2. The van der Waals surface area contributed by atoms with E-state index in [0.717, 1.165) is 32.0 Å². The Morgan fingerprint density at radius 1 is 0.838 bits per heavy atom. The summed E-state index contributed by atoms with van der Waals surface area (Å²) >= 11 is 2.93. The minimum atomic E-state index is -0.934. The molecule has 74 heavy (non-hydrogen) atoms. The van der Waals surface area contributed by atoms with Gasteiger partial charge in [-0.3, -0.25) is 24.0 Å². The standard InChI is InChI=1S/C57H58N6O9S2/c1-33(36-11-15-38(16-12-36)51-34(2)58-32-73-51)60-55(70)46-28-43(66)31-63(46)56(71)53(57(3,4)5)61-48(67)8-6-7-27-72-44-24-9-35(10-25-44)30-59-62-54(69)40-17-13-37(14-18-40)50(68)49-45-26-23-42(65)29-47(45)74-52(49)39-19-21-41(64)22-20-39/h9-26,29-30,32-33,43,46,53,64-66H,6-8,27-28,31H2,1-5H3,(H,60,70)(H,61,67)(H,62,69)/b59-30+/t33-,43+,46?,53+/m0/s1. The Hall–Kier alpha value is -7.73.